The molecule has 2 heteroatoms. The minimum absolute atomic E-state index is 0.130. The van der Waals surface area contributed by atoms with Gasteiger partial charge in [-0.2, -0.15) is 0 Å². The van der Waals surface area contributed by atoms with E-state index >= 15 is 0 Å². The van der Waals surface area contributed by atoms with Crippen molar-refractivity contribution in [3.63, 3.8) is 0 Å². The molecule has 2 aliphatic rings. The van der Waals surface area contributed by atoms with E-state index in [9.17, 15) is 0 Å². The van der Waals surface area contributed by atoms with E-state index in [4.69, 9.17) is 4.74 Å². The molecule has 20 heavy (non-hydrogen) atoms. The van der Waals surface area contributed by atoms with Gasteiger partial charge in [0.1, 0.15) is 0 Å². The molecule has 2 aliphatic carbocycles. The highest BCUT2D eigenvalue weighted by Crippen LogP contribution is 2.40. The maximum atomic E-state index is 6.71. The van der Waals surface area contributed by atoms with Gasteiger partial charge in [0.05, 0.1) is 11.7 Å². The normalized spacial score (nSPS) is 42.6. The van der Waals surface area contributed by atoms with Crippen molar-refractivity contribution in [2.75, 3.05) is 13.6 Å². The number of ether oxygens (including phenoxy) is 1. The van der Waals surface area contributed by atoms with Crippen LogP contribution in [0.15, 0.2) is 0 Å². The van der Waals surface area contributed by atoms with E-state index in [1.54, 1.807) is 0 Å². The van der Waals surface area contributed by atoms with E-state index in [1.807, 2.05) is 0 Å². The van der Waals surface area contributed by atoms with Crippen LogP contribution in [-0.2, 0) is 4.74 Å². The van der Waals surface area contributed by atoms with Gasteiger partial charge in [-0.3, -0.25) is 0 Å². The average molecular weight is 281 g/mol. The Morgan fingerprint density at radius 2 is 1.75 bits per heavy atom. The zero-order valence-electron chi connectivity index (χ0n) is 14.1. The molecular formula is C18H35NO. The fourth-order valence-corrected chi connectivity index (χ4v) is 4.23. The first-order valence-electron chi connectivity index (χ1n) is 8.91. The maximum absolute atomic E-state index is 6.71. The van der Waals surface area contributed by atoms with Crippen molar-refractivity contribution in [1.82, 2.24) is 5.32 Å². The van der Waals surface area contributed by atoms with Crippen molar-refractivity contribution in [2.24, 2.45) is 17.8 Å². The van der Waals surface area contributed by atoms with Crippen LogP contribution in [0.2, 0.25) is 0 Å². The van der Waals surface area contributed by atoms with Crippen LogP contribution in [0, 0.1) is 17.8 Å². The third-order valence-corrected chi connectivity index (χ3v) is 6.06. The molecule has 0 aromatic rings. The van der Waals surface area contributed by atoms with E-state index in [-0.39, 0.29) is 5.60 Å². The third-order valence-electron chi connectivity index (χ3n) is 6.06. The first-order chi connectivity index (χ1) is 9.58. The highest BCUT2D eigenvalue weighted by Gasteiger charge is 2.38. The first kappa shape index (κ1) is 16.3. The molecule has 0 spiro atoms. The van der Waals surface area contributed by atoms with Gasteiger partial charge >= 0.3 is 0 Å². The summed E-state index contributed by atoms with van der Waals surface area (Å²) in [5.74, 6) is 2.65. The Morgan fingerprint density at radius 1 is 1.05 bits per heavy atom. The van der Waals surface area contributed by atoms with Crippen LogP contribution in [0.4, 0.5) is 0 Å². The van der Waals surface area contributed by atoms with Gasteiger partial charge in [-0.05, 0) is 69.7 Å². The number of rotatable bonds is 5. The molecule has 2 nitrogen and oxygen atoms in total. The first-order valence-corrected chi connectivity index (χ1v) is 8.91. The molecule has 1 N–H and O–H groups in total. The van der Waals surface area contributed by atoms with Crippen molar-refractivity contribution in [1.29, 1.82) is 0 Å². The number of likely N-dealkylation sites (N-methyl/N-ethyl adjacent to an activating group) is 1. The number of hydrogen-bond acceptors (Lipinski definition) is 2. The van der Waals surface area contributed by atoms with Gasteiger partial charge < -0.3 is 10.1 Å². The van der Waals surface area contributed by atoms with Gasteiger partial charge in [0.15, 0.2) is 0 Å². The molecule has 118 valence electrons. The van der Waals surface area contributed by atoms with Crippen LogP contribution >= 0.6 is 0 Å². The zero-order valence-corrected chi connectivity index (χ0v) is 14.1. The minimum Gasteiger partial charge on any atom is -0.370 e. The second kappa shape index (κ2) is 7.26. The lowest BCUT2D eigenvalue weighted by Gasteiger charge is -2.44. The van der Waals surface area contributed by atoms with Crippen LogP contribution in [0.1, 0.15) is 72.1 Å². The largest absolute Gasteiger partial charge is 0.370 e. The Morgan fingerprint density at radius 3 is 2.30 bits per heavy atom. The Bertz CT molecular complexity index is 283. The molecule has 0 aromatic carbocycles. The lowest BCUT2D eigenvalue weighted by Crippen LogP contribution is -2.48. The van der Waals surface area contributed by atoms with Gasteiger partial charge in [-0.25, -0.2) is 0 Å². The lowest BCUT2D eigenvalue weighted by molar-refractivity contribution is -0.135. The Balaban J connectivity index is 1.92. The van der Waals surface area contributed by atoms with Gasteiger partial charge in [0, 0.05) is 6.54 Å². The summed E-state index contributed by atoms with van der Waals surface area (Å²) in [6.07, 6.45) is 11.0. The van der Waals surface area contributed by atoms with Crippen molar-refractivity contribution >= 4 is 0 Å². The average Bonchev–Trinajstić information content (AvgIpc) is 2.44. The number of nitrogens with one attached hydrogen (secondary N) is 1. The second-order valence-electron chi connectivity index (χ2n) is 7.57. The molecule has 3 atom stereocenters. The monoisotopic (exact) mass is 281 g/mol. The van der Waals surface area contributed by atoms with E-state index in [2.05, 4.69) is 33.1 Å². The maximum Gasteiger partial charge on any atom is 0.0810 e. The van der Waals surface area contributed by atoms with E-state index in [0.717, 1.165) is 24.3 Å². The van der Waals surface area contributed by atoms with Crippen molar-refractivity contribution in [3.05, 3.63) is 0 Å². The third kappa shape index (κ3) is 3.98. The summed E-state index contributed by atoms with van der Waals surface area (Å²) >= 11 is 0. The Labute approximate surface area is 126 Å². The summed E-state index contributed by atoms with van der Waals surface area (Å²) in [4.78, 5) is 0. The fourth-order valence-electron chi connectivity index (χ4n) is 4.23. The molecule has 2 saturated carbocycles. The molecule has 0 heterocycles. The summed E-state index contributed by atoms with van der Waals surface area (Å²) in [6, 6.07) is 0. The molecule has 0 radical (unpaired) electrons. The van der Waals surface area contributed by atoms with Gasteiger partial charge in [-0.1, -0.05) is 27.2 Å². The smallest absolute Gasteiger partial charge is 0.0810 e. The second-order valence-corrected chi connectivity index (χ2v) is 7.57. The highest BCUT2D eigenvalue weighted by molar-refractivity contribution is 4.91. The molecular weight excluding hydrogens is 246 g/mol. The summed E-state index contributed by atoms with van der Waals surface area (Å²) < 4.78 is 6.71. The quantitative estimate of drug-likeness (QED) is 0.807. The predicted molar refractivity (Wildman–Crippen MR) is 86.0 cm³/mol. The van der Waals surface area contributed by atoms with Gasteiger partial charge in [0.25, 0.3) is 0 Å². The topological polar surface area (TPSA) is 21.3 Å². The van der Waals surface area contributed by atoms with Crippen LogP contribution in [-0.4, -0.2) is 25.3 Å². The molecule has 2 fully saturated rings. The Hall–Kier alpha value is -0.0800. The molecule has 0 saturated heterocycles. The molecule has 0 aliphatic heterocycles. The van der Waals surface area contributed by atoms with Crippen molar-refractivity contribution in [2.45, 2.75) is 83.8 Å². The predicted octanol–water partition coefficient (Wildman–Crippen LogP) is 4.39. The Kier molecular flexibility index (Phi) is 5.92. The molecule has 3 unspecified atom stereocenters. The summed E-state index contributed by atoms with van der Waals surface area (Å²) in [6.45, 7) is 8.17. The van der Waals surface area contributed by atoms with Crippen molar-refractivity contribution < 1.29 is 4.74 Å². The van der Waals surface area contributed by atoms with E-state index < -0.39 is 0 Å². The van der Waals surface area contributed by atoms with Crippen LogP contribution < -0.4 is 5.32 Å². The van der Waals surface area contributed by atoms with E-state index in [0.29, 0.717) is 6.10 Å². The van der Waals surface area contributed by atoms with E-state index in [1.165, 1.54) is 51.4 Å². The molecule has 0 aromatic heterocycles. The number of hydrogen-bond donors (Lipinski definition) is 1. The van der Waals surface area contributed by atoms with Gasteiger partial charge in [-0.15, -0.1) is 0 Å². The summed E-state index contributed by atoms with van der Waals surface area (Å²) in [5, 5.41) is 3.40. The molecule has 0 bridgehead atoms. The summed E-state index contributed by atoms with van der Waals surface area (Å²) in [5.41, 5.74) is 0.130. The minimum atomic E-state index is 0.130. The lowest BCUT2D eigenvalue weighted by atomic mass is 9.76. The standard InChI is InChI=1S/C18H35NO/c1-5-16-8-10-18(11-9-16,13-19-4)20-17-7-6-14(2)15(3)12-17/h14-17,19H,5-13H2,1-4H3. The molecule has 2 rings (SSSR count). The van der Waals surface area contributed by atoms with Gasteiger partial charge in [0.2, 0.25) is 0 Å². The van der Waals surface area contributed by atoms with Crippen molar-refractivity contribution in [3.8, 4) is 0 Å². The van der Waals surface area contributed by atoms with Crippen LogP contribution in [0.25, 0.3) is 0 Å². The zero-order chi connectivity index (χ0) is 14.6. The highest BCUT2D eigenvalue weighted by atomic mass is 16.5. The fraction of sp³-hybridized carbons (Fsp3) is 1.00. The van der Waals surface area contributed by atoms with Crippen LogP contribution in [0.5, 0.6) is 0 Å². The SMILES string of the molecule is CCC1CCC(CNC)(OC2CCC(C)C(C)C2)CC1. The summed E-state index contributed by atoms with van der Waals surface area (Å²) in [7, 11) is 2.07. The van der Waals surface area contributed by atoms with Crippen LogP contribution in [0.3, 0.4) is 0 Å². The molecule has 0 amide bonds.